The van der Waals surface area contributed by atoms with Gasteiger partial charge in [-0.3, -0.25) is 9.59 Å². The van der Waals surface area contributed by atoms with Crippen molar-refractivity contribution in [3.05, 3.63) is 29.8 Å². The molecule has 0 bridgehead atoms. The minimum Gasteiger partial charge on any atom is -0.369 e. The van der Waals surface area contributed by atoms with Crippen LogP contribution in [-0.4, -0.2) is 11.0 Å². The number of rotatable bonds is 1. The van der Waals surface area contributed by atoms with Gasteiger partial charge in [0.15, 0.2) is 0 Å². The Morgan fingerprint density at radius 2 is 2.08 bits per heavy atom. The lowest BCUT2D eigenvalue weighted by molar-refractivity contribution is -0.124. The van der Waals surface area contributed by atoms with Gasteiger partial charge in [-0.2, -0.15) is 0 Å². The minimum absolute atomic E-state index is 0.172. The lowest BCUT2D eigenvalue weighted by Gasteiger charge is -2.02. The molecule has 0 radical (unpaired) electrons. The molecule has 1 atom stereocenters. The van der Waals surface area contributed by atoms with Gasteiger partial charge in [0.1, 0.15) is 5.92 Å². The Balaban J connectivity index is 2.52. The van der Waals surface area contributed by atoms with Crippen molar-refractivity contribution >= 4 is 22.8 Å². The average molecular weight is 193 g/mol. The number of hydrogen-bond acceptors (Lipinski definition) is 3. The van der Waals surface area contributed by atoms with Crippen LogP contribution in [0.3, 0.4) is 0 Å². The highest BCUT2D eigenvalue weighted by Crippen LogP contribution is 2.40. The smallest absolute Gasteiger partial charge is 0.233 e. The highest BCUT2D eigenvalue weighted by Gasteiger charge is 2.35. The number of hydrogen-bond donors (Lipinski definition) is 1. The maximum absolute atomic E-state index is 11.3. The van der Waals surface area contributed by atoms with E-state index in [1.54, 1.807) is 12.1 Å². The van der Waals surface area contributed by atoms with Crippen LogP contribution in [0.4, 0.5) is 0 Å². The summed E-state index contributed by atoms with van der Waals surface area (Å²) in [5, 5.41) is -0.172. The summed E-state index contributed by atoms with van der Waals surface area (Å²) < 4.78 is 0. The molecule has 13 heavy (non-hydrogen) atoms. The molecule has 0 saturated heterocycles. The van der Waals surface area contributed by atoms with Gasteiger partial charge in [-0.1, -0.05) is 30.0 Å². The zero-order chi connectivity index (χ0) is 9.42. The molecular weight excluding hydrogens is 186 g/mol. The number of benzene rings is 1. The molecule has 1 amide bonds. The second-order valence-corrected chi connectivity index (χ2v) is 3.84. The third-order valence-corrected chi connectivity index (χ3v) is 2.99. The first-order valence-electron chi connectivity index (χ1n) is 3.80. The van der Waals surface area contributed by atoms with Crippen LogP contribution >= 0.6 is 11.8 Å². The largest absolute Gasteiger partial charge is 0.369 e. The highest BCUT2D eigenvalue weighted by atomic mass is 32.2. The molecule has 0 aliphatic carbocycles. The van der Waals surface area contributed by atoms with Gasteiger partial charge in [0, 0.05) is 4.90 Å². The number of fused-ring (bicyclic) bond motifs is 1. The summed E-state index contributed by atoms with van der Waals surface area (Å²) in [6.07, 6.45) is 0. The van der Waals surface area contributed by atoms with Gasteiger partial charge < -0.3 is 5.73 Å². The monoisotopic (exact) mass is 193 g/mol. The van der Waals surface area contributed by atoms with Crippen LogP contribution < -0.4 is 5.73 Å². The van der Waals surface area contributed by atoms with Gasteiger partial charge in [0.05, 0.1) is 0 Å². The number of thioether (sulfide) groups is 1. The van der Waals surface area contributed by atoms with E-state index < -0.39 is 11.8 Å². The zero-order valence-electron chi connectivity index (χ0n) is 6.69. The number of carbonyl (C=O) groups excluding carboxylic acids is 2. The fraction of sp³-hybridized carbons (Fsp3) is 0.111. The van der Waals surface area contributed by atoms with Crippen molar-refractivity contribution in [2.75, 3.05) is 0 Å². The van der Waals surface area contributed by atoms with E-state index in [1.807, 2.05) is 12.1 Å². The Bertz CT molecular complexity index is 389. The van der Waals surface area contributed by atoms with Crippen LogP contribution in [0.1, 0.15) is 11.5 Å². The topological polar surface area (TPSA) is 60.2 Å². The van der Waals surface area contributed by atoms with Crippen molar-refractivity contribution in [3.63, 3.8) is 0 Å². The molecule has 1 aromatic rings. The number of amides is 1. The molecule has 2 rings (SSSR count). The Morgan fingerprint density at radius 3 is 2.77 bits per heavy atom. The summed E-state index contributed by atoms with van der Waals surface area (Å²) in [7, 11) is 0. The number of primary amides is 1. The number of nitrogens with two attached hydrogens (primary N) is 1. The van der Waals surface area contributed by atoms with Gasteiger partial charge in [0.25, 0.3) is 0 Å². The van der Waals surface area contributed by atoms with Crippen LogP contribution in [0.15, 0.2) is 29.2 Å². The fourth-order valence-electron chi connectivity index (χ4n) is 1.38. The Kier molecular flexibility index (Phi) is 1.84. The van der Waals surface area contributed by atoms with Crippen LogP contribution in [0, 0.1) is 0 Å². The molecule has 66 valence electrons. The van der Waals surface area contributed by atoms with Crippen LogP contribution in [-0.2, 0) is 9.59 Å². The summed E-state index contributed by atoms with van der Waals surface area (Å²) >= 11 is 1.09. The average Bonchev–Trinajstić information content (AvgIpc) is 2.39. The fourth-order valence-corrected chi connectivity index (χ4v) is 2.40. The maximum atomic E-state index is 11.3. The van der Waals surface area contributed by atoms with Crippen LogP contribution in [0.2, 0.25) is 0 Å². The maximum Gasteiger partial charge on any atom is 0.233 e. The van der Waals surface area contributed by atoms with E-state index in [4.69, 9.17) is 5.73 Å². The second kappa shape index (κ2) is 2.88. The van der Waals surface area contributed by atoms with Crippen molar-refractivity contribution < 1.29 is 9.59 Å². The van der Waals surface area contributed by atoms with E-state index >= 15 is 0 Å². The third-order valence-electron chi connectivity index (χ3n) is 1.96. The van der Waals surface area contributed by atoms with Crippen LogP contribution in [0.25, 0.3) is 0 Å². The quantitative estimate of drug-likeness (QED) is 0.674. The summed E-state index contributed by atoms with van der Waals surface area (Å²) in [5.74, 6) is -1.32. The van der Waals surface area contributed by atoms with E-state index in [-0.39, 0.29) is 5.12 Å². The van der Waals surface area contributed by atoms with Crippen molar-refractivity contribution in [1.82, 2.24) is 0 Å². The molecule has 0 saturated carbocycles. The van der Waals surface area contributed by atoms with Crippen molar-refractivity contribution in [3.8, 4) is 0 Å². The lowest BCUT2D eigenvalue weighted by Crippen LogP contribution is -2.23. The van der Waals surface area contributed by atoms with Crippen molar-refractivity contribution in [2.45, 2.75) is 10.8 Å². The van der Waals surface area contributed by atoms with E-state index in [0.717, 1.165) is 22.2 Å². The molecule has 0 aromatic heterocycles. The predicted molar refractivity (Wildman–Crippen MR) is 49.2 cm³/mol. The highest BCUT2D eigenvalue weighted by molar-refractivity contribution is 8.14. The molecule has 3 nitrogen and oxygen atoms in total. The van der Waals surface area contributed by atoms with Gasteiger partial charge in [-0.25, -0.2) is 0 Å². The number of carbonyl (C=O) groups is 2. The molecule has 1 aliphatic rings. The van der Waals surface area contributed by atoms with E-state index in [9.17, 15) is 9.59 Å². The van der Waals surface area contributed by atoms with Gasteiger partial charge in [0.2, 0.25) is 11.0 Å². The standard InChI is InChI=1S/C9H7NO2S/c10-8(11)7-5-3-1-2-4-6(5)13-9(7)12/h1-4,7H,(H2,10,11). The first-order chi connectivity index (χ1) is 6.20. The second-order valence-electron chi connectivity index (χ2n) is 2.79. The summed E-state index contributed by atoms with van der Waals surface area (Å²) in [6.45, 7) is 0. The molecule has 2 N–H and O–H groups in total. The zero-order valence-corrected chi connectivity index (χ0v) is 7.51. The van der Waals surface area contributed by atoms with Crippen molar-refractivity contribution in [1.29, 1.82) is 0 Å². The molecular formula is C9H7NO2S. The van der Waals surface area contributed by atoms with E-state index in [0.29, 0.717) is 0 Å². The summed E-state index contributed by atoms with van der Waals surface area (Å²) in [4.78, 5) is 23.1. The Hall–Kier alpha value is -1.29. The van der Waals surface area contributed by atoms with E-state index in [2.05, 4.69) is 0 Å². The molecule has 1 unspecified atom stereocenters. The molecule has 1 aliphatic heterocycles. The minimum atomic E-state index is -0.749. The van der Waals surface area contributed by atoms with Gasteiger partial charge >= 0.3 is 0 Å². The molecule has 0 fully saturated rings. The molecule has 0 spiro atoms. The van der Waals surface area contributed by atoms with Gasteiger partial charge in [-0.15, -0.1) is 0 Å². The summed E-state index contributed by atoms with van der Waals surface area (Å²) in [6, 6.07) is 7.22. The molecule has 4 heteroatoms. The Labute approximate surface area is 79.3 Å². The normalized spacial score (nSPS) is 20.0. The van der Waals surface area contributed by atoms with Crippen molar-refractivity contribution in [2.24, 2.45) is 5.73 Å². The third kappa shape index (κ3) is 1.23. The SMILES string of the molecule is NC(=O)C1C(=O)Sc2ccccc21. The summed E-state index contributed by atoms with van der Waals surface area (Å²) in [5.41, 5.74) is 5.87. The lowest BCUT2D eigenvalue weighted by atomic mass is 10.0. The van der Waals surface area contributed by atoms with Crippen LogP contribution in [0.5, 0.6) is 0 Å². The molecule has 1 aromatic carbocycles. The first-order valence-corrected chi connectivity index (χ1v) is 4.62. The van der Waals surface area contributed by atoms with E-state index in [1.165, 1.54) is 0 Å². The van der Waals surface area contributed by atoms with Gasteiger partial charge in [-0.05, 0) is 11.6 Å². The first kappa shape index (κ1) is 8.31. The Morgan fingerprint density at radius 1 is 1.38 bits per heavy atom. The molecule has 1 heterocycles. The predicted octanol–water partition coefficient (Wildman–Crippen LogP) is 0.888.